The van der Waals surface area contributed by atoms with Crippen LogP contribution in [0.25, 0.3) is 10.9 Å². The fourth-order valence-corrected chi connectivity index (χ4v) is 5.39. The van der Waals surface area contributed by atoms with Crippen LogP contribution in [0.5, 0.6) is 5.75 Å². The lowest BCUT2D eigenvalue weighted by atomic mass is 10.1. The van der Waals surface area contributed by atoms with E-state index in [9.17, 15) is 14.7 Å². The largest absolute Gasteiger partial charge is 0.488 e. The zero-order valence-corrected chi connectivity index (χ0v) is 23.0. The molecule has 2 aliphatic heterocycles. The summed E-state index contributed by atoms with van der Waals surface area (Å²) in [7, 11) is 0. The molecule has 0 spiro atoms. The Labute approximate surface area is 218 Å². The number of halogens is 2. The van der Waals surface area contributed by atoms with Crippen LogP contribution in [0.2, 0.25) is 5.02 Å². The molecule has 0 saturated carbocycles. The van der Waals surface area contributed by atoms with Gasteiger partial charge in [0.2, 0.25) is 0 Å². The smallest absolute Gasteiger partial charge is 0.410 e. The van der Waals surface area contributed by atoms with Crippen molar-refractivity contribution in [3.8, 4) is 5.75 Å². The number of amides is 1. The molecule has 9 nitrogen and oxygen atoms in total. The summed E-state index contributed by atoms with van der Waals surface area (Å²) in [6.45, 7) is 10.7. The summed E-state index contributed by atoms with van der Waals surface area (Å²) in [5, 5.41) is 10.5. The van der Waals surface area contributed by atoms with E-state index in [1.165, 1.54) is 0 Å². The number of nitrogens with zero attached hydrogens (tertiary/aromatic N) is 4. The molecule has 2 aliphatic rings. The molecule has 0 unspecified atom stereocenters. The van der Waals surface area contributed by atoms with E-state index in [4.69, 9.17) is 21.1 Å². The molecule has 1 saturated heterocycles. The van der Waals surface area contributed by atoms with Crippen LogP contribution >= 0.6 is 27.5 Å². The number of benzene rings is 1. The molecule has 0 bridgehead atoms. The summed E-state index contributed by atoms with van der Waals surface area (Å²) in [5.74, 6) is 1.04. The standard InChI is InChI=1S/C24H32BrClN4O5/c1-13-11-29(23(33)35-24(3,4)5)14(2)10-28(13)21-16-9-17(26)18(25)20-19(16)30(22(32)27-21)15(12-34-20)7-6-8-31/h9,13-15,31H,6-8,10-12H2,1-5H3/t13-,14-,15+/m0/s1. The second-order valence-electron chi connectivity index (χ2n) is 10.3. The van der Waals surface area contributed by atoms with Crippen LogP contribution < -0.4 is 15.3 Å². The van der Waals surface area contributed by atoms with Gasteiger partial charge in [0, 0.05) is 37.2 Å². The van der Waals surface area contributed by atoms with Gasteiger partial charge >= 0.3 is 11.8 Å². The van der Waals surface area contributed by atoms with Crippen molar-refractivity contribution in [3.63, 3.8) is 0 Å². The Morgan fingerprint density at radius 2 is 2.03 bits per heavy atom. The van der Waals surface area contributed by atoms with Gasteiger partial charge in [0.05, 0.1) is 15.5 Å². The second kappa shape index (κ2) is 9.78. The Kier molecular flexibility index (Phi) is 7.28. The number of anilines is 1. The molecule has 35 heavy (non-hydrogen) atoms. The van der Waals surface area contributed by atoms with Gasteiger partial charge < -0.3 is 24.4 Å². The van der Waals surface area contributed by atoms with Crippen LogP contribution in [-0.4, -0.2) is 69.6 Å². The van der Waals surface area contributed by atoms with Crippen molar-refractivity contribution in [1.29, 1.82) is 0 Å². The van der Waals surface area contributed by atoms with Crippen LogP contribution in [-0.2, 0) is 4.74 Å². The molecule has 3 heterocycles. The van der Waals surface area contributed by atoms with Crippen molar-refractivity contribution in [2.24, 2.45) is 0 Å². The molecule has 3 atom stereocenters. The molecule has 1 amide bonds. The number of aromatic nitrogens is 2. The van der Waals surface area contributed by atoms with Crippen molar-refractivity contribution in [2.75, 3.05) is 31.2 Å². The molecular weight excluding hydrogens is 540 g/mol. The van der Waals surface area contributed by atoms with Gasteiger partial charge in [0.25, 0.3) is 0 Å². The highest BCUT2D eigenvalue weighted by molar-refractivity contribution is 9.10. The zero-order valence-electron chi connectivity index (χ0n) is 20.7. The number of hydrogen-bond acceptors (Lipinski definition) is 7. The van der Waals surface area contributed by atoms with Crippen LogP contribution in [0.3, 0.4) is 0 Å². The molecule has 0 radical (unpaired) electrons. The predicted molar refractivity (Wildman–Crippen MR) is 139 cm³/mol. The van der Waals surface area contributed by atoms with E-state index in [2.05, 4.69) is 25.8 Å². The molecule has 1 N–H and O–H groups in total. The molecule has 1 aromatic carbocycles. The Morgan fingerprint density at radius 3 is 2.69 bits per heavy atom. The Hall–Kier alpha value is -2.04. The first-order chi connectivity index (χ1) is 16.4. The lowest BCUT2D eigenvalue weighted by molar-refractivity contribution is 0.0130. The second-order valence-corrected chi connectivity index (χ2v) is 11.5. The SMILES string of the molecule is C[C@H]1CN(c2nc(=O)n3c4c(c(Br)c(Cl)cc24)OC[C@H]3CCCO)[C@@H](C)CN1C(=O)OC(C)(C)C. The van der Waals surface area contributed by atoms with Crippen LogP contribution in [0.15, 0.2) is 15.3 Å². The first kappa shape index (κ1) is 26.0. The number of hydrogen-bond donors (Lipinski definition) is 1. The van der Waals surface area contributed by atoms with Gasteiger partial charge in [-0.1, -0.05) is 11.6 Å². The van der Waals surface area contributed by atoms with Gasteiger partial charge in [-0.05, 0) is 69.5 Å². The Balaban J connectivity index is 1.77. The molecule has 1 aromatic heterocycles. The maximum atomic E-state index is 13.4. The summed E-state index contributed by atoms with van der Waals surface area (Å²) in [6.07, 6.45) is 0.789. The van der Waals surface area contributed by atoms with Gasteiger partial charge in [0.15, 0.2) is 5.75 Å². The van der Waals surface area contributed by atoms with E-state index in [0.717, 1.165) is 0 Å². The first-order valence-corrected chi connectivity index (χ1v) is 13.0. The average Bonchev–Trinajstić information content (AvgIpc) is 2.77. The van der Waals surface area contributed by atoms with Crippen LogP contribution in [0, 0.1) is 0 Å². The third-order valence-electron chi connectivity index (χ3n) is 6.41. The van der Waals surface area contributed by atoms with Crippen molar-refractivity contribution in [2.45, 2.75) is 71.2 Å². The quantitative estimate of drug-likeness (QED) is 0.583. The number of rotatable bonds is 4. The van der Waals surface area contributed by atoms with Gasteiger partial charge in [-0.2, -0.15) is 4.98 Å². The molecule has 11 heteroatoms. The van der Waals surface area contributed by atoms with Gasteiger partial charge in [-0.3, -0.25) is 4.57 Å². The number of carbonyl (C=O) groups is 1. The van der Waals surface area contributed by atoms with Crippen LogP contribution in [0.4, 0.5) is 10.6 Å². The summed E-state index contributed by atoms with van der Waals surface area (Å²) in [6, 6.07) is 1.29. The Bertz CT molecular complexity index is 1200. The van der Waals surface area contributed by atoms with Crippen molar-refractivity contribution in [1.82, 2.24) is 14.5 Å². The zero-order chi connectivity index (χ0) is 25.7. The van der Waals surface area contributed by atoms with E-state index in [-0.39, 0.29) is 36.5 Å². The van der Waals surface area contributed by atoms with Gasteiger partial charge in [0.1, 0.15) is 23.5 Å². The monoisotopic (exact) mass is 570 g/mol. The summed E-state index contributed by atoms with van der Waals surface area (Å²) >= 11 is 10.1. The van der Waals surface area contributed by atoms with Crippen molar-refractivity contribution in [3.05, 3.63) is 26.0 Å². The van der Waals surface area contributed by atoms with Gasteiger partial charge in [-0.15, -0.1) is 0 Å². The molecule has 192 valence electrons. The highest BCUT2D eigenvalue weighted by atomic mass is 79.9. The number of ether oxygens (including phenoxy) is 2. The van der Waals surface area contributed by atoms with Crippen molar-refractivity contribution < 1.29 is 19.4 Å². The average molecular weight is 572 g/mol. The van der Waals surface area contributed by atoms with Gasteiger partial charge in [-0.25, -0.2) is 9.59 Å². The van der Waals surface area contributed by atoms with E-state index < -0.39 is 5.60 Å². The summed E-state index contributed by atoms with van der Waals surface area (Å²) in [4.78, 5) is 34.5. The topological polar surface area (TPSA) is 97.1 Å². The minimum atomic E-state index is -0.583. The van der Waals surface area contributed by atoms with E-state index >= 15 is 0 Å². The third kappa shape index (κ3) is 4.97. The lowest BCUT2D eigenvalue weighted by Crippen LogP contribution is -2.59. The number of carbonyl (C=O) groups excluding carboxylic acids is 1. The normalized spacial score (nSPS) is 22.3. The number of piperazine rings is 1. The fourth-order valence-electron chi connectivity index (χ4n) is 4.78. The maximum absolute atomic E-state index is 13.4. The highest BCUT2D eigenvalue weighted by Crippen LogP contribution is 2.45. The molecule has 1 fully saturated rings. The van der Waals surface area contributed by atoms with E-state index in [0.29, 0.717) is 64.5 Å². The predicted octanol–water partition coefficient (Wildman–Crippen LogP) is 4.35. The van der Waals surface area contributed by atoms with E-state index in [1.54, 1.807) is 15.5 Å². The lowest BCUT2D eigenvalue weighted by Gasteiger charge is -2.45. The van der Waals surface area contributed by atoms with Crippen LogP contribution in [0.1, 0.15) is 53.5 Å². The molecule has 0 aliphatic carbocycles. The molecule has 4 rings (SSSR count). The third-order valence-corrected chi connectivity index (χ3v) is 7.72. The Morgan fingerprint density at radius 1 is 1.31 bits per heavy atom. The minimum absolute atomic E-state index is 0.0361. The first-order valence-electron chi connectivity index (χ1n) is 11.9. The number of aliphatic hydroxyl groups is 1. The van der Waals surface area contributed by atoms with E-state index in [1.807, 2.05) is 34.6 Å². The molecule has 2 aromatic rings. The minimum Gasteiger partial charge on any atom is -0.488 e. The highest BCUT2D eigenvalue weighted by Gasteiger charge is 2.37. The molecular formula is C24H32BrClN4O5. The fraction of sp³-hybridized carbons (Fsp3) is 0.625. The summed E-state index contributed by atoms with van der Waals surface area (Å²) < 4.78 is 13.9. The maximum Gasteiger partial charge on any atom is 0.410 e. The summed E-state index contributed by atoms with van der Waals surface area (Å²) in [5.41, 5.74) is -0.316. The van der Waals surface area contributed by atoms with Crippen molar-refractivity contribution >= 4 is 50.3 Å². The number of aliphatic hydroxyl groups excluding tert-OH is 1.